The van der Waals surface area contributed by atoms with Gasteiger partial charge in [0.15, 0.2) is 11.5 Å². The Hall–Kier alpha value is -2.89. The Kier molecular flexibility index (Phi) is 3.73. The molecule has 0 fully saturated rings. The van der Waals surface area contributed by atoms with E-state index in [4.69, 9.17) is 23.4 Å². The molecule has 0 saturated heterocycles. The first kappa shape index (κ1) is 15.0. The molecule has 0 amide bonds. The summed E-state index contributed by atoms with van der Waals surface area (Å²) in [5, 5.41) is 1.74. The van der Waals surface area contributed by atoms with Gasteiger partial charge in [0.05, 0.1) is 39.2 Å². The minimum atomic E-state index is -0.458. The Labute approximate surface area is 132 Å². The summed E-state index contributed by atoms with van der Waals surface area (Å²) in [6.07, 6.45) is 0. The number of hydrogen-bond acceptors (Lipinski definition) is 6. The minimum absolute atomic E-state index is 0.363. The van der Waals surface area contributed by atoms with E-state index in [9.17, 15) is 4.79 Å². The summed E-state index contributed by atoms with van der Waals surface area (Å²) in [7, 11) is 6.10. The van der Waals surface area contributed by atoms with Crippen molar-refractivity contribution in [1.82, 2.24) is 0 Å². The molecule has 0 aliphatic rings. The van der Waals surface area contributed by atoms with Crippen molar-refractivity contribution in [3.8, 4) is 23.0 Å². The number of ether oxygens (including phenoxy) is 4. The monoisotopic (exact) mass is 316 g/mol. The molecule has 0 atom stereocenters. The van der Waals surface area contributed by atoms with Gasteiger partial charge in [-0.25, -0.2) is 4.79 Å². The molecule has 0 unspecified atom stereocenters. The highest BCUT2D eigenvalue weighted by molar-refractivity contribution is 6.09. The van der Waals surface area contributed by atoms with Gasteiger partial charge in [-0.3, -0.25) is 0 Å². The van der Waals surface area contributed by atoms with Crippen molar-refractivity contribution in [2.24, 2.45) is 0 Å². The van der Waals surface area contributed by atoms with E-state index < -0.39 is 5.63 Å². The van der Waals surface area contributed by atoms with E-state index in [0.717, 1.165) is 0 Å². The van der Waals surface area contributed by atoms with Gasteiger partial charge < -0.3 is 23.4 Å². The van der Waals surface area contributed by atoms with Gasteiger partial charge >= 0.3 is 5.63 Å². The zero-order valence-corrected chi connectivity index (χ0v) is 13.3. The van der Waals surface area contributed by atoms with Crippen molar-refractivity contribution in [1.29, 1.82) is 0 Å². The number of hydrogen-bond donors (Lipinski definition) is 0. The molecule has 0 bridgehead atoms. The van der Waals surface area contributed by atoms with E-state index in [0.29, 0.717) is 44.7 Å². The second-order valence-corrected chi connectivity index (χ2v) is 4.82. The zero-order chi connectivity index (χ0) is 16.6. The number of methoxy groups -OCH3 is 4. The van der Waals surface area contributed by atoms with Gasteiger partial charge in [-0.2, -0.15) is 0 Å². The van der Waals surface area contributed by atoms with Crippen molar-refractivity contribution < 1.29 is 23.4 Å². The predicted octanol–water partition coefficient (Wildman–Crippen LogP) is 2.98. The molecule has 0 N–H and O–H groups in total. The maximum atomic E-state index is 12.3. The lowest BCUT2D eigenvalue weighted by Gasteiger charge is -2.15. The van der Waals surface area contributed by atoms with Crippen LogP contribution in [0.4, 0.5) is 0 Å². The molecule has 1 aromatic heterocycles. The lowest BCUT2D eigenvalue weighted by Crippen LogP contribution is -2.03. The highest BCUT2D eigenvalue weighted by atomic mass is 16.5. The molecule has 1 heterocycles. The lowest BCUT2D eigenvalue weighted by molar-refractivity contribution is 0.326. The van der Waals surface area contributed by atoms with Gasteiger partial charge in [-0.15, -0.1) is 0 Å². The third-order valence-corrected chi connectivity index (χ3v) is 3.71. The Morgan fingerprint density at radius 3 is 2.17 bits per heavy atom. The van der Waals surface area contributed by atoms with Gasteiger partial charge in [-0.05, 0) is 18.2 Å². The van der Waals surface area contributed by atoms with E-state index in [2.05, 4.69) is 0 Å². The number of benzene rings is 2. The first-order valence-corrected chi connectivity index (χ1v) is 6.88. The molecule has 2 aromatic carbocycles. The average Bonchev–Trinajstić information content (AvgIpc) is 2.59. The van der Waals surface area contributed by atoms with Crippen molar-refractivity contribution in [2.75, 3.05) is 28.4 Å². The lowest BCUT2D eigenvalue weighted by atomic mass is 10.1. The van der Waals surface area contributed by atoms with Crippen LogP contribution in [-0.4, -0.2) is 28.4 Å². The van der Waals surface area contributed by atoms with Gasteiger partial charge in [0.2, 0.25) is 5.75 Å². The van der Waals surface area contributed by atoms with Crippen LogP contribution in [0, 0.1) is 0 Å². The zero-order valence-electron chi connectivity index (χ0n) is 13.3. The summed E-state index contributed by atoms with van der Waals surface area (Å²) >= 11 is 0. The van der Waals surface area contributed by atoms with Crippen LogP contribution in [0.3, 0.4) is 0 Å². The molecule has 0 radical (unpaired) electrons. The fraction of sp³-hybridized carbons (Fsp3) is 0.235. The quantitative estimate of drug-likeness (QED) is 0.544. The summed E-state index contributed by atoms with van der Waals surface area (Å²) in [5.74, 6) is 1.88. The van der Waals surface area contributed by atoms with Crippen molar-refractivity contribution in [3.05, 3.63) is 34.7 Å². The van der Waals surface area contributed by atoms with Gasteiger partial charge in [0.25, 0.3) is 0 Å². The van der Waals surface area contributed by atoms with Crippen LogP contribution >= 0.6 is 0 Å². The Morgan fingerprint density at radius 1 is 0.826 bits per heavy atom. The van der Waals surface area contributed by atoms with Crippen LogP contribution in [0.5, 0.6) is 23.0 Å². The molecule has 0 saturated carbocycles. The first-order valence-electron chi connectivity index (χ1n) is 6.88. The molecule has 3 aromatic rings. The average molecular weight is 316 g/mol. The van der Waals surface area contributed by atoms with Crippen LogP contribution in [0.15, 0.2) is 33.5 Å². The van der Waals surface area contributed by atoms with Crippen molar-refractivity contribution in [2.45, 2.75) is 0 Å². The topological polar surface area (TPSA) is 67.1 Å². The predicted molar refractivity (Wildman–Crippen MR) is 86.2 cm³/mol. The summed E-state index contributed by atoms with van der Waals surface area (Å²) in [5.41, 5.74) is -0.0946. The van der Waals surface area contributed by atoms with Gasteiger partial charge in [0, 0.05) is 11.5 Å². The highest BCUT2D eigenvalue weighted by Crippen LogP contribution is 2.45. The molecular weight excluding hydrogens is 300 g/mol. The van der Waals surface area contributed by atoms with Crippen LogP contribution < -0.4 is 24.6 Å². The van der Waals surface area contributed by atoms with E-state index >= 15 is 0 Å². The Bertz CT molecular complexity index is 941. The standard InChI is InChI=1S/C17H16O6/c1-19-9-5-6-10-11(7-9)17(18)23-12-8-13(20-2)15(21-3)16(22-4)14(10)12/h5-8H,1-4H3. The highest BCUT2D eigenvalue weighted by Gasteiger charge is 2.20. The Balaban J connectivity index is 2.54. The van der Waals surface area contributed by atoms with Crippen LogP contribution in [-0.2, 0) is 0 Å². The smallest absolute Gasteiger partial charge is 0.344 e. The molecule has 0 aliphatic heterocycles. The summed E-state index contributed by atoms with van der Waals surface area (Å²) < 4.78 is 26.8. The van der Waals surface area contributed by atoms with Crippen LogP contribution in [0.2, 0.25) is 0 Å². The second kappa shape index (κ2) is 5.72. The van der Waals surface area contributed by atoms with Gasteiger partial charge in [-0.1, -0.05) is 0 Å². The maximum absolute atomic E-state index is 12.3. The fourth-order valence-electron chi connectivity index (χ4n) is 2.66. The number of rotatable bonds is 4. The molecule has 6 nitrogen and oxygen atoms in total. The first-order chi connectivity index (χ1) is 11.1. The summed E-state index contributed by atoms with van der Waals surface area (Å²) in [4.78, 5) is 12.3. The van der Waals surface area contributed by atoms with Crippen LogP contribution in [0.25, 0.3) is 21.7 Å². The normalized spacial score (nSPS) is 10.8. The molecule has 120 valence electrons. The van der Waals surface area contributed by atoms with E-state index in [1.54, 1.807) is 24.3 Å². The minimum Gasteiger partial charge on any atom is -0.497 e. The molecular formula is C17H16O6. The SMILES string of the molecule is COc1ccc2c(c1)c(=O)oc1cc(OC)c(OC)c(OC)c12. The molecule has 23 heavy (non-hydrogen) atoms. The molecule has 6 heteroatoms. The third-order valence-electron chi connectivity index (χ3n) is 3.71. The maximum Gasteiger partial charge on any atom is 0.344 e. The largest absolute Gasteiger partial charge is 0.497 e. The second-order valence-electron chi connectivity index (χ2n) is 4.82. The fourth-order valence-corrected chi connectivity index (χ4v) is 2.66. The van der Waals surface area contributed by atoms with Crippen molar-refractivity contribution in [3.63, 3.8) is 0 Å². The molecule has 0 spiro atoms. The number of fused-ring (bicyclic) bond motifs is 3. The Morgan fingerprint density at radius 2 is 1.57 bits per heavy atom. The summed E-state index contributed by atoms with van der Waals surface area (Å²) in [6.45, 7) is 0. The van der Waals surface area contributed by atoms with E-state index in [1.165, 1.54) is 28.4 Å². The molecule has 3 rings (SSSR count). The van der Waals surface area contributed by atoms with Crippen LogP contribution in [0.1, 0.15) is 0 Å². The summed E-state index contributed by atoms with van der Waals surface area (Å²) in [6, 6.07) is 6.82. The third kappa shape index (κ3) is 2.23. The van der Waals surface area contributed by atoms with E-state index in [1.807, 2.05) is 0 Å². The van der Waals surface area contributed by atoms with Crippen molar-refractivity contribution >= 4 is 21.7 Å². The van der Waals surface area contributed by atoms with E-state index in [-0.39, 0.29) is 0 Å². The van der Waals surface area contributed by atoms with Gasteiger partial charge in [0.1, 0.15) is 11.3 Å². The molecule has 0 aliphatic carbocycles.